The maximum absolute atomic E-state index is 3.48. The molecule has 0 aliphatic heterocycles. The van der Waals surface area contributed by atoms with Crippen LogP contribution in [0.3, 0.4) is 0 Å². The van der Waals surface area contributed by atoms with Crippen molar-refractivity contribution in [3.05, 3.63) is 21.6 Å². The fraction of sp³-hybridized carbons (Fsp3) is 0.400. The second kappa shape index (κ2) is 3.84. The number of aromatic nitrogens is 1. The van der Waals surface area contributed by atoms with Gasteiger partial charge in [-0.1, -0.05) is 13.3 Å². The lowest BCUT2D eigenvalue weighted by Gasteiger charge is -1.92. The number of unbranched alkanes of at least 4 members (excludes halogenated alkanes) is 1. The summed E-state index contributed by atoms with van der Waals surface area (Å²) < 4.78 is 2.56. The number of nitrogens with one attached hydrogen (secondary N) is 1. The van der Waals surface area contributed by atoms with Crippen molar-refractivity contribution >= 4 is 37.5 Å². The quantitative estimate of drug-likeness (QED) is 0.843. The normalized spacial score (nSPS) is 11.2. The molecule has 0 saturated carbocycles. The van der Waals surface area contributed by atoms with Crippen molar-refractivity contribution in [2.45, 2.75) is 26.2 Å². The van der Waals surface area contributed by atoms with Crippen LogP contribution < -0.4 is 0 Å². The minimum absolute atomic E-state index is 1.18. The van der Waals surface area contributed by atoms with Crippen molar-refractivity contribution in [1.29, 1.82) is 0 Å². The minimum atomic E-state index is 1.18. The monoisotopic (exact) mass is 257 g/mol. The molecule has 0 bridgehead atoms. The summed E-state index contributed by atoms with van der Waals surface area (Å²) in [5.74, 6) is 0. The van der Waals surface area contributed by atoms with E-state index >= 15 is 0 Å². The summed E-state index contributed by atoms with van der Waals surface area (Å²) in [6.45, 7) is 2.22. The van der Waals surface area contributed by atoms with E-state index in [-0.39, 0.29) is 0 Å². The Balaban J connectivity index is 2.24. The average Bonchev–Trinajstić information content (AvgIpc) is 2.57. The van der Waals surface area contributed by atoms with Gasteiger partial charge < -0.3 is 4.98 Å². The van der Waals surface area contributed by atoms with Gasteiger partial charge in [0, 0.05) is 5.69 Å². The van der Waals surface area contributed by atoms with Crippen LogP contribution >= 0.6 is 27.3 Å². The number of rotatable bonds is 3. The molecule has 70 valence electrons. The van der Waals surface area contributed by atoms with Crippen LogP contribution in [0.2, 0.25) is 0 Å². The van der Waals surface area contributed by atoms with Crippen LogP contribution in [0, 0.1) is 0 Å². The summed E-state index contributed by atoms with van der Waals surface area (Å²) >= 11 is 5.27. The lowest BCUT2D eigenvalue weighted by molar-refractivity contribution is 0.782. The molecule has 2 aromatic rings. The molecule has 1 nitrogen and oxygen atoms in total. The summed E-state index contributed by atoms with van der Waals surface area (Å²) in [4.78, 5) is 3.43. The van der Waals surface area contributed by atoms with Gasteiger partial charge in [-0.25, -0.2) is 0 Å². The molecule has 2 heterocycles. The Morgan fingerprint density at radius 2 is 2.31 bits per heavy atom. The predicted octanol–water partition coefficient (Wildman–Crippen LogP) is 4.33. The van der Waals surface area contributed by atoms with Crippen LogP contribution in [-0.4, -0.2) is 4.98 Å². The Morgan fingerprint density at radius 3 is 3.00 bits per heavy atom. The van der Waals surface area contributed by atoms with Crippen molar-refractivity contribution in [3.8, 4) is 0 Å². The van der Waals surface area contributed by atoms with Crippen LogP contribution in [0.5, 0.6) is 0 Å². The molecule has 0 radical (unpaired) electrons. The SMILES string of the molecule is CCCCc1cc2sc(Br)cc2[nH]1. The van der Waals surface area contributed by atoms with Crippen LogP contribution in [0.15, 0.2) is 15.9 Å². The van der Waals surface area contributed by atoms with E-state index in [9.17, 15) is 0 Å². The van der Waals surface area contributed by atoms with Crippen LogP contribution in [0.25, 0.3) is 10.2 Å². The van der Waals surface area contributed by atoms with Gasteiger partial charge in [-0.15, -0.1) is 11.3 Å². The first-order valence-electron chi connectivity index (χ1n) is 4.56. The predicted molar refractivity (Wildman–Crippen MR) is 62.5 cm³/mol. The molecule has 0 aliphatic rings. The molecule has 2 rings (SSSR count). The summed E-state index contributed by atoms with van der Waals surface area (Å²) in [5, 5.41) is 0. The van der Waals surface area contributed by atoms with E-state index < -0.39 is 0 Å². The molecule has 0 spiro atoms. The highest BCUT2D eigenvalue weighted by Gasteiger charge is 2.03. The fourth-order valence-electron chi connectivity index (χ4n) is 1.45. The molecule has 0 saturated heterocycles. The lowest BCUT2D eigenvalue weighted by Crippen LogP contribution is -1.82. The van der Waals surface area contributed by atoms with Crippen molar-refractivity contribution in [2.75, 3.05) is 0 Å². The van der Waals surface area contributed by atoms with Crippen LogP contribution in [-0.2, 0) is 6.42 Å². The van der Waals surface area contributed by atoms with Gasteiger partial charge in [-0.3, -0.25) is 0 Å². The smallest absolute Gasteiger partial charge is 0.0726 e. The zero-order valence-corrected chi connectivity index (χ0v) is 9.96. The van der Waals surface area contributed by atoms with Gasteiger partial charge >= 0.3 is 0 Å². The number of thiophene rings is 1. The largest absolute Gasteiger partial charge is 0.358 e. The molecule has 0 atom stereocenters. The number of aromatic amines is 1. The second-order valence-corrected chi connectivity index (χ2v) is 5.69. The first-order chi connectivity index (χ1) is 6.29. The maximum atomic E-state index is 3.48. The van der Waals surface area contributed by atoms with Crippen LogP contribution in [0.4, 0.5) is 0 Å². The highest BCUT2D eigenvalue weighted by molar-refractivity contribution is 9.11. The van der Waals surface area contributed by atoms with Gasteiger partial charge in [-0.05, 0) is 40.9 Å². The third-order valence-electron chi connectivity index (χ3n) is 2.13. The van der Waals surface area contributed by atoms with Gasteiger partial charge in [0.15, 0.2) is 0 Å². The zero-order valence-electron chi connectivity index (χ0n) is 7.56. The molecule has 13 heavy (non-hydrogen) atoms. The average molecular weight is 258 g/mol. The lowest BCUT2D eigenvalue weighted by atomic mass is 10.2. The van der Waals surface area contributed by atoms with Crippen LogP contribution in [0.1, 0.15) is 25.5 Å². The van der Waals surface area contributed by atoms with E-state index in [2.05, 4.69) is 40.0 Å². The van der Waals surface area contributed by atoms with Gasteiger partial charge in [0.2, 0.25) is 0 Å². The summed E-state index contributed by atoms with van der Waals surface area (Å²) in [5.41, 5.74) is 2.64. The molecule has 0 aromatic carbocycles. The highest BCUT2D eigenvalue weighted by atomic mass is 79.9. The van der Waals surface area contributed by atoms with Crippen molar-refractivity contribution in [2.24, 2.45) is 0 Å². The van der Waals surface area contributed by atoms with Crippen molar-refractivity contribution in [1.82, 2.24) is 4.98 Å². The minimum Gasteiger partial charge on any atom is -0.358 e. The van der Waals surface area contributed by atoms with Gasteiger partial charge in [-0.2, -0.15) is 0 Å². The Hall–Kier alpha value is -0.280. The fourth-order valence-corrected chi connectivity index (χ4v) is 3.01. The van der Waals surface area contributed by atoms with E-state index in [0.29, 0.717) is 0 Å². The van der Waals surface area contributed by atoms with E-state index in [1.54, 1.807) is 11.3 Å². The van der Waals surface area contributed by atoms with Gasteiger partial charge in [0.25, 0.3) is 0 Å². The van der Waals surface area contributed by atoms with Gasteiger partial charge in [0.05, 0.1) is 14.0 Å². The Morgan fingerprint density at radius 1 is 1.46 bits per heavy atom. The molecule has 0 aliphatic carbocycles. The summed E-state index contributed by atoms with van der Waals surface area (Å²) in [6, 6.07) is 4.41. The van der Waals surface area contributed by atoms with E-state index in [4.69, 9.17) is 0 Å². The molecular weight excluding hydrogens is 246 g/mol. The number of fused-ring (bicyclic) bond motifs is 1. The number of hydrogen-bond donors (Lipinski definition) is 1. The molecule has 0 unspecified atom stereocenters. The summed E-state index contributed by atoms with van der Waals surface area (Å²) in [7, 11) is 0. The van der Waals surface area contributed by atoms with E-state index in [1.807, 2.05) is 0 Å². The van der Waals surface area contributed by atoms with Crippen molar-refractivity contribution < 1.29 is 0 Å². The number of H-pyrrole nitrogens is 1. The third-order valence-corrected chi connectivity index (χ3v) is 3.72. The topological polar surface area (TPSA) is 15.8 Å². The molecule has 0 fully saturated rings. The Kier molecular flexibility index (Phi) is 2.74. The van der Waals surface area contributed by atoms with Crippen molar-refractivity contribution in [3.63, 3.8) is 0 Å². The number of halogens is 1. The molecule has 0 amide bonds. The summed E-state index contributed by atoms with van der Waals surface area (Å²) in [6.07, 6.45) is 3.71. The molecule has 3 heteroatoms. The standard InChI is InChI=1S/C10H12BrNS/c1-2-3-4-7-5-9-8(12-7)6-10(11)13-9/h5-6,12H,2-4H2,1H3. The molecule has 2 aromatic heterocycles. The van der Waals surface area contributed by atoms with Gasteiger partial charge in [0.1, 0.15) is 0 Å². The Bertz CT molecular complexity index is 370. The Labute approximate surface area is 90.3 Å². The first-order valence-corrected chi connectivity index (χ1v) is 6.17. The van der Waals surface area contributed by atoms with E-state index in [0.717, 1.165) is 0 Å². The first kappa shape index (κ1) is 9.28. The molecule has 1 N–H and O–H groups in total. The highest BCUT2D eigenvalue weighted by Crippen LogP contribution is 2.30. The third kappa shape index (κ3) is 1.97. The maximum Gasteiger partial charge on any atom is 0.0726 e. The second-order valence-electron chi connectivity index (χ2n) is 3.23. The molecular formula is C10H12BrNS. The zero-order chi connectivity index (χ0) is 9.26. The number of hydrogen-bond acceptors (Lipinski definition) is 1. The van der Waals surface area contributed by atoms with E-state index in [1.165, 1.54) is 39.0 Å². The number of aryl methyl sites for hydroxylation is 1.